The van der Waals surface area contributed by atoms with Crippen molar-refractivity contribution in [3.05, 3.63) is 63.7 Å². The van der Waals surface area contributed by atoms with E-state index in [4.69, 9.17) is 22.2 Å². The molecule has 0 aromatic heterocycles. The number of thiocarbonyl (C=S) groups is 1. The maximum Gasteiger partial charge on any atom is 0.270 e. The molecule has 29 heavy (non-hydrogen) atoms. The van der Waals surface area contributed by atoms with Crippen LogP contribution in [0.2, 0.25) is 0 Å². The molecular formula is C19H17N5O4S. The first-order valence-electron chi connectivity index (χ1n) is 8.72. The quantitative estimate of drug-likeness (QED) is 0.447. The lowest BCUT2D eigenvalue weighted by atomic mass is 10.1. The van der Waals surface area contributed by atoms with Crippen molar-refractivity contribution in [3.63, 3.8) is 0 Å². The summed E-state index contributed by atoms with van der Waals surface area (Å²) in [7, 11) is 0. The Morgan fingerprint density at radius 3 is 2.66 bits per heavy atom. The zero-order valence-corrected chi connectivity index (χ0v) is 16.1. The molecule has 0 radical (unpaired) electrons. The zero-order chi connectivity index (χ0) is 20.8. The van der Waals surface area contributed by atoms with Gasteiger partial charge in [-0.05, 0) is 30.4 Å². The number of non-ortho nitro benzene ring substituents is 1. The normalized spacial score (nSPS) is 13.3. The molecule has 0 atom stereocenters. The zero-order valence-electron chi connectivity index (χ0n) is 15.3. The van der Waals surface area contributed by atoms with Crippen LogP contribution in [0.5, 0.6) is 0 Å². The highest BCUT2D eigenvalue weighted by Crippen LogP contribution is 2.26. The van der Waals surface area contributed by atoms with Gasteiger partial charge in [0.15, 0.2) is 5.11 Å². The van der Waals surface area contributed by atoms with Crippen LogP contribution < -0.4 is 15.5 Å². The smallest absolute Gasteiger partial charge is 0.270 e. The molecule has 10 heteroatoms. The van der Waals surface area contributed by atoms with Crippen molar-refractivity contribution in [1.82, 2.24) is 5.32 Å². The van der Waals surface area contributed by atoms with E-state index >= 15 is 0 Å². The summed E-state index contributed by atoms with van der Waals surface area (Å²) in [6.07, 6.45) is 0. The molecule has 0 unspecified atom stereocenters. The summed E-state index contributed by atoms with van der Waals surface area (Å²) in [6.45, 7) is 2.14. The van der Waals surface area contributed by atoms with Crippen molar-refractivity contribution in [2.24, 2.45) is 0 Å². The fourth-order valence-electron chi connectivity index (χ4n) is 2.91. The average Bonchev–Trinajstić information content (AvgIpc) is 2.74. The lowest BCUT2D eigenvalue weighted by Gasteiger charge is -2.30. The van der Waals surface area contributed by atoms with E-state index in [0.717, 1.165) is 0 Å². The van der Waals surface area contributed by atoms with Gasteiger partial charge in [-0.1, -0.05) is 12.1 Å². The van der Waals surface area contributed by atoms with Crippen molar-refractivity contribution in [3.8, 4) is 6.07 Å². The highest BCUT2D eigenvalue weighted by molar-refractivity contribution is 7.80. The first-order valence-corrected chi connectivity index (χ1v) is 9.13. The minimum Gasteiger partial charge on any atom is -0.378 e. The SMILES string of the molecule is N#Cc1ccccc1NC(=S)NC(=O)c1cc([N+](=O)[O-])ccc1N1CCOCC1. The summed E-state index contributed by atoms with van der Waals surface area (Å²) in [6, 6.07) is 12.9. The van der Waals surface area contributed by atoms with Crippen LogP contribution in [0.4, 0.5) is 17.1 Å². The molecule has 1 fully saturated rings. The second-order valence-electron chi connectivity index (χ2n) is 6.12. The van der Waals surface area contributed by atoms with E-state index in [2.05, 4.69) is 10.6 Å². The number of hydrogen-bond donors (Lipinski definition) is 2. The van der Waals surface area contributed by atoms with Crippen LogP contribution in [0.1, 0.15) is 15.9 Å². The van der Waals surface area contributed by atoms with Gasteiger partial charge in [-0.2, -0.15) is 5.26 Å². The Morgan fingerprint density at radius 1 is 1.24 bits per heavy atom. The molecule has 1 aliphatic heterocycles. The number of morpholine rings is 1. The molecule has 148 valence electrons. The van der Waals surface area contributed by atoms with E-state index in [1.165, 1.54) is 12.1 Å². The van der Waals surface area contributed by atoms with Crippen molar-refractivity contribution < 1.29 is 14.5 Å². The van der Waals surface area contributed by atoms with Gasteiger partial charge in [0, 0.05) is 25.2 Å². The number of nitro benzene ring substituents is 1. The number of ether oxygens (including phenoxy) is 1. The standard InChI is InChI=1S/C19H17N5O4S/c20-12-13-3-1-2-4-16(13)21-19(29)22-18(25)15-11-14(24(26)27)5-6-17(15)23-7-9-28-10-8-23/h1-6,11H,7-10H2,(H2,21,22,25,29). The molecule has 1 aliphatic rings. The van der Waals surface area contributed by atoms with Crippen molar-refractivity contribution in [1.29, 1.82) is 5.26 Å². The monoisotopic (exact) mass is 411 g/mol. The fourth-order valence-corrected chi connectivity index (χ4v) is 3.12. The first-order chi connectivity index (χ1) is 14.0. The summed E-state index contributed by atoms with van der Waals surface area (Å²) in [5, 5.41) is 25.6. The minimum absolute atomic E-state index is 0.0165. The van der Waals surface area contributed by atoms with E-state index in [1.54, 1.807) is 30.3 Å². The lowest BCUT2D eigenvalue weighted by molar-refractivity contribution is -0.384. The number of rotatable bonds is 4. The topological polar surface area (TPSA) is 121 Å². The number of benzene rings is 2. The Bertz CT molecular complexity index is 998. The number of carbonyl (C=O) groups is 1. The van der Waals surface area contributed by atoms with Crippen molar-refractivity contribution in [2.75, 3.05) is 36.5 Å². The number of hydrogen-bond acceptors (Lipinski definition) is 7. The van der Waals surface area contributed by atoms with Crippen LogP contribution >= 0.6 is 12.2 Å². The summed E-state index contributed by atoms with van der Waals surface area (Å²) in [5.74, 6) is -0.581. The van der Waals surface area contributed by atoms with Crippen molar-refractivity contribution >= 4 is 40.3 Å². The molecule has 2 aromatic rings. The maximum absolute atomic E-state index is 12.9. The van der Waals surface area contributed by atoms with E-state index < -0.39 is 10.8 Å². The fraction of sp³-hybridized carbons (Fsp3) is 0.211. The molecule has 1 saturated heterocycles. The average molecular weight is 411 g/mol. The molecular weight excluding hydrogens is 394 g/mol. The molecule has 3 rings (SSSR count). The summed E-state index contributed by atoms with van der Waals surface area (Å²) in [4.78, 5) is 25.4. The largest absolute Gasteiger partial charge is 0.378 e. The van der Waals surface area contributed by atoms with Gasteiger partial charge in [-0.15, -0.1) is 0 Å². The second kappa shape index (κ2) is 9.09. The number of amides is 1. The van der Waals surface area contributed by atoms with Gasteiger partial charge in [0.05, 0.1) is 40.6 Å². The van der Waals surface area contributed by atoms with Crippen LogP contribution in [-0.2, 0) is 4.74 Å². The minimum atomic E-state index is -0.581. The highest BCUT2D eigenvalue weighted by Gasteiger charge is 2.22. The van der Waals surface area contributed by atoms with E-state index in [1.807, 2.05) is 11.0 Å². The Morgan fingerprint density at radius 2 is 1.97 bits per heavy atom. The second-order valence-corrected chi connectivity index (χ2v) is 6.53. The summed E-state index contributed by atoms with van der Waals surface area (Å²) >= 11 is 5.18. The molecule has 0 aliphatic carbocycles. The van der Waals surface area contributed by atoms with Crippen LogP contribution in [0.3, 0.4) is 0 Å². The van der Waals surface area contributed by atoms with Crippen molar-refractivity contribution in [2.45, 2.75) is 0 Å². The Hall–Kier alpha value is -3.55. The third-order valence-corrected chi connectivity index (χ3v) is 4.51. The number of nitrogens with zero attached hydrogens (tertiary/aromatic N) is 3. The predicted molar refractivity (Wildman–Crippen MR) is 111 cm³/mol. The molecule has 1 heterocycles. The molecule has 9 nitrogen and oxygen atoms in total. The molecule has 0 spiro atoms. The van der Waals surface area contributed by atoms with Gasteiger partial charge in [0.2, 0.25) is 0 Å². The van der Waals surface area contributed by atoms with E-state index in [-0.39, 0.29) is 16.4 Å². The number of anilines is 2. The van der Waals surface area contributed by atoms with E-state index in [0.29, 0.717) is 43.2 Å². The molecule has 0 bridgehead atoms. The summed E-state index contributed by atoms with van der Waals surface area (Å²) < 4.78 is 5.33. The lowest BCUT2D eigenvalue weighted by Crippen LogP contribution is -2.39. The van der Waals surface area contributed by atoms with Crippen LogP contribution in [0.25, 0.3) is 0 Å². The molecule has 1 amide bonds. The number of nitriles is 1. The summed E-state index contributed by atoms with van der Waals surface area (Å²) in [5.41, 5.74) is 1.33. The van der Waals surface area contributed by atoms with Gasteiger partial charge < -0.3 is 15.0 Å². The van der Waals surface area contributed by atoms with Crippen LogP contribution in [0, 0.1) is 21.4 Å². The van der Waals surface area contributed by atoms with Crippen LogP contribution in [0.15, 0.2) is 42.5 Å². The van der Waals surface area contributed by atoms with E-state index in [9.17, 15) is 14.9 Å². The Kier molecular flexibility index (Phi) is 6.33. The molecule has 2 N–H and O–H groups in total. The molecule has 2 aromatic carbocycles. The van der Waals surface area contributed by atoms with Gasteiger partial charge in [-0.3, -0.25) is 20.2 Å². The predicted octanol–water partition coefficient (Wildman–Crippen LogP) is 2.43. The third kappa shape index (κ3) is 4.84. The first kappa shape index (κ1) is 20.2. The Labute approximate surface area is 172 Å². The molecule has 0 saturated carbocycles. The third-order valence-electron chi connectivity index (χ3n) is 4.31. The Balaban J connectivity index is 1.83. The van der Waals surface area contributed by atoms with Crippen LogP contribution in [-0.4, -0.2) is 42.2 Å². The van der Waals surface area contributed by atoms with Gasteiger partial charge in [0.25, 0.3) is 11.6 Å². The van der Waals surface area contributed by atoms with Gasteiger partial charge in [0.1, 0.15) is 6.07 Å². The maximum atomic E-state index is 12.9. The number of carbonyl (C=O) groups excluding carboxylic acids is 1. The number of para-hydroxylation sites is 1. The number of nitro groups is 1. The highest BCUT2D eigenvalue weighted by atomic mass is 32.1. The van der Waals surface area contributed by atoms with Gasteiger partial charge >= 0.3 is 0 Å². The number of nitrogens with one attached hydrogen (secondary N) is 2. The van der Waals surface area contributed by atoms with Gasteiger partial charge in [-0.25, -0.2) is 0 Å².